The number of hydrogen-bond acceptors (Lipinski definition) is 4. The zero-order valence-corrected chi connectivity index (χ0v) is 28.3. The van der Waals surface area contributed by atoms with Gasteiger partial charge in [0.05, 0.1) is 41.6 Å². The molecule has 1 aliphatic heterocycles. The van der Waals surface area contributed by atoms with Gasteiger partial charge in [0.2, 0.25) is 11.0 Å². The molecule has 238 valence electrons. The molecule has 9 nitrogen and oxygen atoms in total. The summed E-state index contributed by atoms with van der Waals surface area (Å²) in [6.45, 7) is 9.07. The average Bonchev–Trinajstić information content (AvgIpc) is 3.73. The van der Waals surface area contributed by atoms with Crippen LogP contribution >= 0.6 is 22.4 Å². The van der Waals surface area contributed by atoms with Crippen molar-refractivity contribution in [2.45, 2.75) is 57.4 Å². The Balaban J connectivity index is 1.45. The van der Waals surface area contributed by atoms with Crippen LogP contribution in [0.4, 0.5) is 4.39 Å². The fraction of sp³-hybridized carbons (Fsp3) is 0.353. The summed E-state index contributed by atoms with van der Waals surface area (Å²) in [7, 11) is 1.75. The van der Waals surface area contributed by atoms with Gasteiger partial charge in [-0.15, -0.1) is 0 Å². The summed E-state index contributed by atoms with van der Waals surface area (Å²) in [5.74, 6) is 0.0268. The number of imidazole rings is 1. The van der Waals surface area contributed by atoms with Crippen LogP contribution in [0.5, 0.6) is 0 Å². The number of nitrogens with zero attached hydrogens (tertiary/aromatic N) is 7. The molecule has 1 amide bonds. The maximum absolute atomic E-state index is 15.7. The van der Waals surface area contributed by atoms with E-state index >= 15 is 4.39 Å². The van der Waals surface area contributed by atoms with Crippen LogP contribution in [0.3, 0.4) is 0 Å². The van der Waals surface area contributed by atoms with Crippen LogP contribution in [0.25, 0.3) is 27.9 Å². The van der Waals surface area contributed by atoms with E-state index < -0.39 is 11.5 Å². The molecule has 0 radical (unpaired) electrons. The minimum absolute atomic E-state index is 0.00415. The predicted molar refractivity (Wildman–Crippen MR) is 190 cm³/mol. The first kappa shape index (κ1) is 32.0. The highest BCUT2D eigenvalue weighted by atomic mass is 127. The smallest absolute Gasteiger partial charge is 0.335 e. The molecule has 0 bridgehead atoms. The quantitative estimate of drug-likeness (QED) is 0.126. The predicted octanol–water partition coefficient (Wildman–Crippen LogP) is 6.05. The number of carbonyl (C=O) groups is 1. The molecule has 1 fully saturated rings. The van der Waals surface area contributed by atoms with Gasteiger partial charge in [0.1, 0.15) is 11.4 Å². The van der Waals surface area contributed by atoms with Crippen LogP contribution in [-0.2, 0) is 24.9 Å². The number of aryl methyl sites for hydroxylation is 1. The summed E-state index contributed by atoms with van der Waals surface area (Å²) < 4.78 is 22.0. The third kappa shape index (κ3) is 5.87. The number of aromatic nitrogens is 6. The Morgan fingerprint density at radius 1 is 1.09 bits per heavy atom. The van der Waals surface area contributed by atoms with Crippen molar-refractivity contribution >= 4 is 49.9 Å². The van der Waals surface area contributed by atoms with Crippen LogP contribution in [-0.4, -0.2) is 51.2 Å². The third-order valence-electron chi connectivity index (χ3n) is 9.29. The van der Waals surface area contributed by atoms with Gasteiger partial charge in [0.15, 0.2) is 5.82 Å². The largest absolute Gasteiger partial charge is 0.337 e. The van der Waals surface area contributed by atoms with E-state index in [9.17, 15) is 9.59 Å². The lowest BCUT2D eigenvalue weighted by molar-refractivity contribution is -0.137. The molecule has 4 heterocycles. The molecule has 0 N–H and O–H groups in total. The van der Waals surface area contributed by atoms with Gasteiger partial charge in [-0.25, -0.2) is 9.18 Å². The molecule has 2 aliphatic rings. The Hall–Kier alpha value is -3.94. The Morgan fingerprint density at radius 3 is 2.63 bits per heavy atom. The summed E-state index contributed by atoms with van der Waals surface area (Å²) >= 11 is 2.43. The van der Waals surface area contributed by atoms with Crippen LogP contribution in [0.15, 0.2) is 79.1 Å². The molecule has 3 aromatic heterocycles. The lowest BCUT2D eigenvalue weighted by Gasteiger charge is -2.35. The molecule has 0 saturated heterocycles. The molecule has 1 saturated carbocycles. The van der Waals surface area contributed by atoms with E-state index in [0.717, 1.165) is 35.7 Å². The first-order valence-corrected chi connectivity index (χ1v) is 17.4. The summed E-state index contributed by atoms with van der Waals surface area (Å²) in [5, 5.41) is 10.4. The van der Waals surface area contributed by atoms with Crippen molar-refractivity contribution in [1.82, 2.24) is 33.6 Å². The van der Waals surface area contributed by atoms with Crippen LogP contribution in [0, 0.1) is 11.7 Å². The van der Waals surface area contributed by atoms with Crippen molar-refractivity contribution in [2.75, 3.05) is 6.54 Å². The number of amides is 1. The lowest BCUT2D eigenvalue weighted by Crippen LogP contribution is -2.43. The fourth-order valence-electron chi connectivity index (χ4n) is 6.86. The molecular formula is C34H38BFIN7O2. The average molecular weight is 733 g/mol. The zero-order chi connectivity index (χ0) is 32.4. The van der Waals surface area contributed by atoms with E-state index in [1.165, 1.54) is 34.6 Å². The molecule has 1 aliphatic carbocycles. The summed E-state index contributed by atoms with van der Waals surface area (Å²) in [4.78, 5) is 30.3. The number of allylic oxidation sites excluding steroid dienone is 6. The maximum Gasteiger partial charge on any atom is 0.337 e. The standard InChI is InChI=1S/C34H38BFIN7O2/c1-4-6-12-23(11-5-2)31-32(43-19-18-42(34(43)46)28-16-15-27-25(30(28)36)21-38-40(27)3)29-22-41(17-20-44(29)39-31)33(45)24-13-9-7-8-10-14-26(24)35-37/h4-6,11-12,15-16,18-19,21,24,26,35H,1-2,7-10,13-14,17,20,22H2,3H3/b12-6-,23-11+. The van der Waals surface area contributed by atoms with E-state index in [4.69, 9.17) is 5.10 Å². The van der Waals surface area contributed by atoms with Crippen molar-refractivity contribution < 1.29 is 9.18 Å². The van der Waals surface area contributed by atoms with E-state index in [-0.39, 0.29) is 17.5 Å². The Bertz CT molecular complexity index is 1920. The summed E-state index contributed by atoms with van der Waals surface area (Å²) in [6.07, 6.45) is 20.2. The SMILES string of the molecule is C=C/C=C\C(=C/C=C)c1nn2c(c1-n1ccn(-c3ccc4c(cnn4C)c3F)c1=O)CN(C(=O)C1CCCCCCC1BI)CC2. The number of halogens is 2. The number of benzene rings is 1. The molecule has 6 rings (SSSR count). The van der Waals surface area contributed by atoms with Crippen molar-refractivity contribution in [3.05, 3.63) is 102 Å². The highest BCUT2D eigenvalue weighted by Crippen LogP contribution is 2.36. The first-order chi connectivity index (χ1) is 22.4. The topological polar surface area (TPSA) is 82.9 Å². The zero-order valence-electron chi connectivity index (χ0n) is 26.1. The monoisotopic (exact) mass is 733 g/mol. The van der Waals surface area contributed by atoms with Crippen LogP contribution in [0.1, 0.15) is 49.9 Å². The van der Waals surface area contributed by atoms with E-state index in [1.807, 2.05) is 21.7 Å². The molecule has 1 aromatic carbocycles. The lowest BCUT2D eigenvalue weighted by atomic mass is 9.69. The molecule has 12 heteroatoms. The van der Waals surface area contributed by atoms with Crippen LogP contribution < -0.4 is 5.69 Å². The molecule has 2 atom stereocenters. The first-order valence-electron chi connectivity index (χ1n) is 15.9. The van der Waals surface area contributed by atoms with Gasteiger partial charge in [0.25, 0.3) is 0 Å². The molecule has 0 spiro atoms. The van der Waals surface area contributed by atoms with Crippen molar-refractivity contribution in [3.8, 4) is 11.4 Å². The van der Waals surface area contributed by atoms with Gasteiger partial charge in [-0.3, -0.25) is 23.3 Å². The van der Waals surface area contributed by atoms with Gasteiger partial charge >= 0.3 is 5.69 Å². The second-order valence-electron chi connectivity index (χ2n) is 12.0. The highest BCUT2D eigenvalue weighted by molar-refractivity contribution is 14.1. The van der Waals surface area contributed by atoms with Crippen molar-refractivity contribution in [1.29, 1.82) is 0 Å². The summed E-state index contributed by atoms with van der Waals surface area (Å²) in [6, 6.07) is 3.35. The van der Waals surface area contributed by atoms with Gasteiger partial charge in [-0.1, -0.05) is 75.6 Å². The maximum atomic E-state index is 15.7. The van der Waals surface area contributed by atoms with E-state index in [2.05, 4.69) is 40.6 Å². The van der Waals surface area contributed by atoms with Gasteiger partial charge in [-0.05, 0) is 24.4 Å². The second-order valence-corrected chi connectivity index (χ2v) is 12.9. The normalized spacial score (nSPS) is 19.2. The number of fused-ring (bicyclic) bond motifs is 2. The Morgan fingerprint density at radius 2 is 1.87 bits per heavy atom. The highest BCUT2D eigenvalue weighted by Gasteiger charge is 2.35. The van der Waals surface area contributed by atoms with Crippen LogP contribution in [0.2, 0.25) is 5.82 Å². The number of hydrogen-bond donors (Lipinski definition) is 0. The van der Waals surface area contributed by atoms with Crippen molar-refractivity contribution in [3.63, 3.8) is 0 Å². The Kier molecular flexibility index (Phi) is 9.62. The third-order valence-corrected chi connectivity index (χ3v) is 10.4. The molecular weight excluding hydrogens is 695 g/mol. The van der Waals surface area contributed by atoms with Gasteiger partial charge in [0, 0.05) is 37.5 Å². The molecule has 46 heavy (non-hydrogen) atoms. The second kappa shape index (κ2) is 13.8. The molecule has 4 aromatic rings. The van der Waals surface area contributed by atoms with E-state index in [1.54, 1.807) is 54.5 Å². The summed E-state index contributed by atoms with van der Waals surface area (Å²) in [5.41, 5.74) is 2.95. The van der Waals surface area contributed by atoms with Gasteiger partial charge in [-0.2, -0.15) is 32.6 Å². The molecule has 2 unspecified atom stereocenters. The van der Waals surface area contributed by atoms with Crippen molar-refractivity contribution in [2.24, 2.45) is 13.0 Å². The number of rotatable bonds is 8. The Labute approximate surface area is 281 Å². The van der Waals surface area contributed by atoms with E-state index in [0.29, 0.717) is 47.7 Å². The number of carbonyl (C=O) groups excluding carboxylic acids is 1. The fourth-order valence-corrected chi connectivity index (χ4v) is 7.91. The minimum Gasteiger partial charge on any atom is -0.335 e. The minimum atomic E-state index is -0.523. The van der Waals surface area contributed by atoms with Gasteiger partial charge < -0.3 is 4.90 Å².